The van der Waals surface area contributed by atoms with Crippen LogP contribution >= 0.6 is 0 Å². The van der Waals surface area contributed by atoms with Crippen molar-refractivity contribution in [3.05, 3.63) is 24.3 Å². The maximum Gasteiger partial charge on any atom is 0.213 e. The Morgan fingerprint density at radius 2 is 2.50 bits per heavy atom. The third-order valence-corrected chi connectivity index (χ3v) is 0.649. The van der Waals surface area contributed by atoms with Crippen LogP contribution in [0.4, 0.5) is 4.39 Å². The van der Waals surface area contributed by atoms with E-state index in [-0.39, 0.29) is 5.75 Å². The van der Waals surface area contributed by atoms with Crippen LogP contribution in [-0.4, -0.2) is 10.1 Å². The van der Waals surface area contributed by atoms with E-state index in [0.29, 0.717) is 0 Å². The molecule has 1 aromatic heterocycles. The maximum atomic E-state index is 11.8. The summed E-state index contributed by atoms with van der Waals surface area (Å²) in [5.74, 6) is -0.783. The summed E-state index contributed by atoms with van der Waals surface area (Å²) in [7, 11) is 0. The second-order valence-corrected chi connectivity index (χ2v) is 1.25. The van der Waals surface area contributed by atoms with Crippen molar-refractivity contribution >= 4 is 0 Å². The summed E-state index contributed by atoms with van der Waals surface area (Å²) in [4.78, 5) is 3.13. The molecular weight excluding hydrogens is 109 g/mol. The monoisotopic (exact) mass is 112 g/mol. The number of halogens is 1. The minimum atomic E-state index is -0.636. The third-order valence-electron chi connectivity index (χ3n) is 0.649. The van der Waals surface area contributed by atoms with Crippen molar-refractivity contribution in [2.24, 2.45) is 0 Å². The molecule has 0 aromatic carbocycles. The molecule has 8 heavy (non-hydrogen) atoms. The standard InChI is InChI=1S/C5H3FNO/c6-5-2-1-4(8)3-7-5/h2-3,8H. The molecule has 41 valence electrons. The lowest BCUT2D eigenvalue weighted by atomic mass is 10.5. The number of aromatic nitrogens is 1. The van der Waals surface area contributed by atoms with E-state index in [4.69, 9.17) is 5.11 Å². The Morgan fingerprint density at radius 3 is 2.88 bits per heavy atom. The van der Waals surface area contributed by atoms with Crippen LogP contribution in [0.25, 0.3) is 0 Å². The lowest BCUT2D eigenvalue weighted by molar-refractivity contribution is 0.465. The molecule has 1 rings (SSSR count). The second kappa shape index (κ2) is 1.78. The summed E-state index contributed by atoms with van der Waals surface area (Å²) in [6.45, 7) is 0. The highest BCUT2D eigenvalue weighted by molar-refractivity contribution is 5.11. The minimum Gasteiger partial charge on any atom is -0.506 e. The van der Waals surface area contributed by atoms with Gasteiger partial charge < -0.3 is 5.11 Å². The molecule has 0 spiro atoms. The van der Waals surface area contributed by atoms with Gasteiger partial charge in [-0.2, -0.15) is 4.39 Å². The molecule has 1 radical (unpaired) electrons. The van der Waals surface area contributed by atoms with Crippen LogP contribution < -0.4 is 0 Å². The van der Waals surface area contributed by atoms with Crippen LogP contribution in [0.2, 0.25) is 0 Å². The quantitative estimate of drug-likeness (QED) is 0.502. The molecule has 0 aliphatic rings. The van der Waals surface area contributed by atoms with Gasteiger partial charge in [-0.25, -0.2) is 4.98 Å². The average Bonchev–Trinajstić information content (AvgIpc) is 1.77. The fraction of sp³-hybridized carbons (Fsp3) is 0. The molecule has 0 aliphatic heterocycles. The Balaban J connectivity index is 3.03. The average molecular weight is 112 g/mol. The van der Waals surface area contributed by atoms with E-state index in [2.05, 4.69) is 11.1 Å². The van der Waals surface area contributed by atoms with E-state index in [1.165, 1.54) is 0 Å². The zero-order valence-corrected chi connectivity index (χ0v) is 3.93. The van der Waals surface area contributed by atoms with Gasteiger partial charge in [0, 0.05) is 12.1 Å². The predicted molar refractivity (Wildman–Crippen MR) is 24.7 cm³/mol. The first-order valence-electron chi connectivity index (χ1n) is 2.01. The first kappa shape index (κ1) is 5.03. The van der Waals surface area contributed by atoms with Gasteiger partial charge in [0.15, 0.2) is 0 Å². The molecule has 3 heteroatoms. The Labute approximate surface area is 45.6 Å². The van der Waals surface area contributed by atoms with Crippen LogP contribution in [0.15, 0.2) is 12.3 Å². The number of nitrogens with zero attached hydrogens (tertiary/aromatic N) is 1. The number of rotatable bonds is 0. The summed E-state index contributed by atoms with van der Waals surface area (Å²) < 4.78 is 11.8. The van der Waals surface area contributed by atoms with E-state index in [1.807, 2.05) is 0 Å². The predicted octanol–water partition coefficient (Wildman–Crippen LogP) is 0.726. The Morgan fingerprint density at radius 1 is 1.75 bits per heavy atom. The van der Waals surface area contributed by atoms with E-state index < -0.39 is 5.95 Å². The van der Waals surface area contributed by atoms with Crippen molar-refractivity contribution in [3.63, 3.8) is 0 Å². The number of aromatic hydroxyl groups is 1. The molecule has 0 bridgehead atoms. The highest BCUT2D eigenvalue weighted by atomic mass is 19.1. The Hall–Kier alpha value is -1.12. The van der Waals surface area contributed by atoms with Gasteiger partial charge in [-0.3, -0.25) is 0 Å². The van der Waals surface area contributed by atoms with Gasteiger partial charge in [0.1, 0.15) is 5.75 Å². The van der Waals surface area contributed by atoms with Crippen LogP contribution in [0.3, 0.4) is 0 Å². The largest absolute Gasteiger partial charge is 0.506 e. The van der Waals surface area contributed by atoms with Crippen LogP contribution in [-0.2, 0) is 0 Å². The molecule has 0 amide bonds. The normalized spacial score (nSPS) is 9.12. The van der Waals surface area contributed by atoms with Gasteiger partial charge in [-0.05, 0) is 0 Å². The Kier molecular flexibility index (Phi) is 1.12. The summed E-state index contributed by atoms with van der Waals surface area (Å²) >= 11 is 0. The van der Waals surface area contributed by atoms with E-state index in [1.54, 1.807) is 0 Å². The van der Waals surface area contributed by atoms with Gasteiger partial charge >= 0.3 is 0 Å². The first-order chi connectivity index (χ1) is 3.79. The number of hydrogen-bond donors (Lipinski definition) is 1. The lowest BCUT2D eigenvalue weighted by Crippen LogP contribution is -1.76. The smallest absolute Gasteiger partial charge is 0.213 e. The van der Waals surface area contributed by atoms with Gasteiger partial charge in [-0.15, -0.1) is 0 Å². The van der Waals surface area contributed by atoms with Gasteiger partial charge in [0.25, 0.3) is 0 Å². The summed E-state index contributed by atoms with van der Waals surface area (Å²) in [5, 5.41) is 8.47. The van der Waals surface area contributed by atoms with E-state index in [0.717, 1.165) is 12.3 Å². The fourth-order valence-corrected chi connectivity index (χ4v) is 0.331. The molecule has 1 aromatic rings. The van der Waals surface area contributed by atoms with Crippen molar-refractivity contribution in [2.45, 2.75) is 0 Å². The van der Waals surface area contributed by atoms with Crippen molar-refractivity contribution in [1.29, 1.82) is 0 Å². The van der Waals surface area contributed by atoms with Crippen molar-refractivity contribution in [1.82, 2.24) is 4.98 Å². The van der Waals surface area contributed by atoms with E-state index >= 15 is 0 Å². The van der Waals surface area contributed by atoms with Crippen LogP contribution in [0.1, 0.15) is 0 Å². The minimum absolute atomic E-state index is 0.147. The molecule has 2 nitrogen and oxygen atoms in total. The summed E-state index contributed by atoms with van der Waals surface area (Å²) in [6.07, 6.45) is 0.995. The van der Waals surface area contributed by atoms with Crippen molar-refractivity contribution in [3.8, 4) is 5.75 Å². The summed E-state index contributed by atoms with van der Waals surface area (Å²) in [6, 6.07) is 3.19. The topological polar surface area (TPSA) is 33.1 Å². The highest BCUT2D eigenvalue weighted by Crippen LogP contribution is 2.02. The van der Waals surface area contributed by atoms with Gasteiger partial charge in [-0.1, -0.05) is 0 Å². The molecule has 0 saturated carbocycles. The fourth-order valence-electron chi connectivity index (χ4n) is 0.331. The zero-order valence-electron chi connectivity index (χ0n) is 3.93. The van der Waals surface area contributed by atoms with E-state index in [9.17, 15) is 4.39 Å². The highest BCUT2D eigenvalue weighted by Gasteiger charge is 1.88. The van der Waals surface area contributed by atoms with Gasteiger partial charge in [0.2, 0.25) is 5.95 Å². The molecule has 0 fully saturated rings. The zero-order chi connectivity index (χ0) is 5.98. The SMILES string of the molecule is Oc1[c]cc(F)nc1. The third kappa shape index (κ3) is 0.932. The summed E-state index contributed by atoms with van der Waals surface area (Å²) in [5.41, 5.74) is 0. The van der Waals surface area contributed by atoms with Crippen LogP contribution in [0, 0.1) is 12.0 Å². The molecule has 1 N–H and O–H groups in total. The first-order valence-corrected chi connectivity index (χ1v) is 2.01. The molecule has 0 aliphatic carbocycles. The molecule has 1 heterocycles. The van der Waals surface area contributed by atoms with Crippen molar-refractivity contribution in [2.75, 3.05) is 0 Å². The lowest BCUT2D eigenvalue weighted by Gasteiger charge is -1.84. The van der Waals surface area contributed by atoms with Crippen molar-refractivity contribution < 1.29 is 9.50 Å². The Bertz CT molecular complexity index is 151. The number of hydrogen-bond acceptors (Lipinski definition) is 2. The maximum absolute atomic E-state index is 11.8. The van der Waals surface area contributed by atoms with Crippen LogP contribution in [0.5, 0.6) is 5.75 Å². The van der Waals surface area contributed by atoms with Gasteiger partial charge in [0.05, 0.1) is 6.20 Å². The molecular formula is C5H3FNO. The molecule has 0 atom stereocenters. The molecule has 0 unspecified atom stereocenters. The number of pyridine rings is 1. The molecule has 0 saturated heterocycles. The second-order valence-electron chi connectivity index (χ2n) is 1.25.